The van der Waals surface area contributed by atoms with Crippen molar-refractivity contribution in [3.8, 4) is 11.1 Å². The van der Waals surface area contributed by atoms with Gasteiger partial charge in [0.2, 0.25) is 0 Å². The molecule has 3 aromatic rings. The van der Waals surface area contributed by atoms with Gasteiger partial charge in [0.1, 0.15) is 11.6 Å². The van der Waals surface area contributed by atoms with Crippen LogP contribution in [0.3, 0.4) is 0 Å². The highest BCUT2D eigenvalue weighted by molar-refractivity contribution is 5.73. The summed E-state index contributed by atoms with van der Waals surface area (Å²) < 4.78 is 94.5. The fourth-order valence-corrected chi connectivity index (χ4v) is 4.96. The van der Waals surface area contributed by atoms with E-state index in [1.807, 2.05) is 6.07 Å². The van der Waals surface area contributed by atoms with E-state index in [4.69, 9.17) is 0 Å². The van der Waals surface area contributed by atoms with Crippen molar-refractivity contribution in [2.45, 2.75) is 45.1 Å². The summed E-state index contributed by atoms with van der Waals surface area (Å²) in [6, 6.07) is 8.16. The number of hydrogen-bond donors (Lipinski definition) is 1. The summed E-state index contributed by atoms with van der Waals surface area (Å²) in [7, 11) is 2.05. The first-order valence-electron chi connectivity index (χ1n) is 13.2. The zero-order chi connectivity index (χ0) is 30.2. The van der Waals surface area contributed by atoms with E-state index in [-0.39, 0.29) is 30.5 Å². The number of hydrogen-bond acceptors (Lipinski definition) is 4. The summed E-state index contributed by atoms with van der Waals surface area (Å²) in [6.45, 7) is 8.70. The number of pyridine rings is 1. The highest BCUT2D eigenvalue weighted by Crippen LogP contribution is 2.39. The van der Waals surface area contributed by atoms with Crippen LogP contribution in [0, 0.1) is 12.7 Å². The molecule has 11 heteroatoms. The predicted octanol–water partition coefficient (Wildman–Crippen LogP) is 7.05. The molecule has 0 spiro atoms. The van der Waals surface area contributed by atoms with Crippen molar-refractivity contribution in [2.75, 3.05) is 44.7 Å². The van der Waals surface area contributed by atoms with Gasteiger partial charge in [-0.25, -0.2) is 9.37 Å². The van der Waals surface area contributed by atoms with Crippen molar-refractivity contribution in [1.29, 1.82) is 0 Å². The number of rotatable bonds is 7. The standard InChI is InChI=1S/C30H33F7N4/c1-19-11-24(31)5-6-25(19)26-15-27(41-9-7-40(4)8-10-41)39-17-20(26)16-38-18-28(2,3)21-12-22(29(32,33)34)14-23(13-21)30(35,36)37/h5-6,11-15,17,38H,7-10,16,18H2,1-4H3. The molecule has 0 radical (unpaired) electrons. The molecule has 2 aromatic carbocycles. The molecule has 1 N–H and O–H groups in total. The fourth-order valence-electron chi connectivity index (χ4n) is 4.96. The van der Waals surface area contributed by atoms with Crippen LogP contribution in [-0.2, 0) is 24.3 Å². The SMILES string of the molecule is Cc1cc(F)ccc1-c1cc(N2CCN(C)CC2)ncc1CNCC(C)(C)c1cc(C(F)(F)F)cc(C(F)(F)F)c1. The Hall–Kier alpha value is -3.18. The summed E-state index contributed by atoms with van der Waals surface area (Å²) in [5.41, 5.74) is -0.686. The average molecular weight is 583 g/mol. The van der Waals surface area contributed by atoms with Crippen LogP contribution in [0.15, 0.2) is 48.7 Å². The number of benzene rings is 2. The third-order valence-electron chi connectivity index (χ3n) is 7.53. The molecule has 0 unspecified atom stereocenters. The molecule has 0 saturated carbocycles. The first-order valence-corrected chi connectivity index (χ1v) is 13.2. The quantitative estimate of drug-likeness (QED) is 0.303. The van der Waals surface area contributed by atoms with E-state index in [0.29, 0.717) is 0 Å². The second-order valence-corrected chi connectivity index (χ2v) is 11.2. The number of alkyl halides is 6. The van der Waals surface area contributed by atoms with Crippen LogP contribution in [0.2, 0.25) is 0 Å². The number of halogens is 7. The van der Waals surface area contributed by atoms with Gasteiger partial charge in [-0.1, -0.05) is 19.9 Å². The molecule has 1 aromatic heterocycles. The molecule has 2 heterocycles. The summed E-state index contributed by atoms with van der Waals surface area (Å²) in [4.78, 5) is 9.06. The second-order valence-electron chi connectivity index (χ2n) is 11.2. The smallest absolute Gasteiger partial charge is 0.354 e. The molecule has 0 aliphatic carbocycles. The van der Waals surface area contributed by atoms with E-state index in [9.17, 15) is 30.7 Å². The van der Waals surface area contributed by atoms with Crippen molar-refractivity contribution in [3.05, 3.63) is 82.3 Å². The van der Waals surface area contributed by atoms with Crippen molar-refractivity contribution in [3.63, 3.8) is 0 Å². The maximum absolute atomic E-state index is 13.9. The Bertz CT molecular complexity index is 1340. The zero-order valence-corrected chi connectivity index (χ0v) is 23.3. The first kappa shape index (κ1) is 30.8. The molecular weight excluding hydrogens is 549 g/mol. The van der Waals surface area contributed by atoms with Gasteiger partial charge < -0.3 is 15.1 Å². The van der Waals surface area contributed by atoms with Gasteiger partial charge in [0.05, 0.1) is 11.1 Å². The van der Waals surface area contributed by atoms with Gasteiger partial charge in [0, 0.05) is 50.9 Å². The minimum Gasteiger partial charge on any atom is -0.354 e. The lowest BCUT2D eigenvalue weighted by atomic mass is 9.82. The Morgan fingerprint density at radius 1 is 0.805 bits per heavy atom. The molecule has 1 fully saturated rings. The van der Waals surface area contributed by atoms with E-state index in [1.165, 1.54) is 12.1 Å². The Balaban J connectivity index is 1.61. The van der Waals surface area contributed by atoms with Gasteiger partial charge in [-0.3, -0.25) is 0 Å². The van der Waals surface area contributed by atoms with Gasteiger partial charge in [-0.05, 0) is 78.2 Å². The molecule has 1 aliphatic rings. The van der Waals surface area contributed by atoms with Crippen molar-refractivity contribution in [1.82, 2.24) is 15.2 Å². The number of piperazine rings is 1. The summed E-state index contributed by atoms with van der Waals surface area (Å²) in [5.74, 6) is 0.421. The maximum Gasteiger partial charge on any atom is 0.416 e. The molecule has 222 valence electrons. The lowest BCUT2D eigenvalue weighted by Crippen LogP contribution is -2.44. The lowest BCUT2D eigenvalue weighted by molar-refractivity contribution is -0.143. The van der Waals surface area contributed by atoms with Crippen LogP contribution in [0.5, 0.6) is 0 Å². The monoisotopic (exact) mass is 582 g/mol. The van der Waals surface area contributed by atoms with E-state index in [1.54, 1.807) is 33.0 Å². The molecular formula is C30H33F7N4. The molecule has 1 saturated heterocycles. The maximum atomic E-state index is 13.9. The Labute approximate surface area is 235 Å². The van der Waals surface area contributed by atoms with Crippen LogP contribution in [0.1, 0.15) is 41.7 Å². The van der Waals surface area contributed by atoms with Gasteiger partial charge >= 0.3 is 12.4 Å². The van der Waals surface area contributed by atoms with Crippen LogP contribution >= 0.6 is 0 Å². The number of aromatic nitrogens is 1. The van der Waals surface area contributed by atoms with Gasteiger partial charge in [0.25, 0.3) is 0 Å². The van der Waals surface area contributed by atoms with E-state index < -0.39 is 28.9 Å². The van der Waals surface area contributed by atoms with E-state index in [2.05, 4.69) is 27.1 Å². The van der Waals surface area contributed by atoms with Crippen molar-refractivity contribution in [2.24, 2.45) is 0 Å². The van der Waals surface area contributed by atoms with E-state index >= 15 is 0 Å². The zero-order valence-electron chi connectivity index (χ0n) is 23.3. The third-order valence-corrected chi connectivity index (χ3v) is 7.53. The molecule has 4 rings (SSSR count). The van der Waals surface area contributed by atoms with Gasteiger partial charge in [0.15, 0.2) is 0 Å². The number of nitrogens with zero attached hydrogens (tertiary/aromatic N) is 3. The van der Waals surface area contributed by atoms with Gasteiger partial charge in [-0.15, -0.1) is 0 Å². The molecule has 1 aliphatic heterocycles. The second kappa shape index (κ2) is 11.6. The van der Waals surface area contributed by atoms with Crippen molar-refractivity contribution < 1.29 is 30.7 Å². The Morgan fingerprint density at radius 2 is 1.39 bits per heavy atom. The van der Waals surface area contributed by atoms with Crippen LogP contribution < -0.4 is 10.2 Å². The first-order chi connectivity index (χ1) is 19.0. The minimum absolute atomic E-state index is 0.0784. The van der Waals surface area contributed by atoms with Crippen LogP contribution in [-0.4, -0.2) is 49.7 Å². The largest absolute Gasteiger partial charge is 0.416 e. The minimum atomic E-state index is -4.92. The predicted molar refractivity (Wildman–Crippen MR) is 145 cm³/mol. The molecule has 4 nitrogen and oxygen atoms in total. The third kappa shape index (κ3) is 7.37. The molecule has 0 bridgehead atoms. The highest BCUT2D eigenvalue weighted by atomic mass is 19.4. The Kier molecular flexibility index (Phi) is 8.71. The summed E-state index contributed by atoms with van der Waals surface area (Å²) in [6.07, 6.45) is -8.12. The average Bonchev–Trinajstić information content (AvgIpc) is 2.88. The lowest BCUT2D eigenvalue weighted by Gasteiger charge is -2.33. The normalized spacial score (nSPS) is 15.4. The molecule has 0 atom stereocenters. The van der Waals surface area contributed by atoms with Crippen molar-refractivity contribution >= 4 is 5.82 Å². The number of anilines is 1. The number of nitrogens with one attached hydrogen (secondary N) is 1. The van der Waals surface area contributed by atoms with Crippen LogP contribution in [0.25, 0.3) is 11.1 Å². The summed E-state index contributed by atoms with van der Waals surface area (Å²) in [5, 5.41) is 3.21. The number of likely N-dealkylation sites (N-methyl/N-ethyl adjacent to an activating group) is 1. The number of aryl methyl sites for hydroxylation is 1. The van der Waals surface area contributed by atoms with Gasteiger partial charge in [-0.2, -0.15) is 26.3 Å². The topological polar surface area (TPSA) is 31.4 Å². The Morgan fingerprint density at radius 3 is 1.95 bits per heavy atom. The van der Waals surface area contributed by atoms with E-state index in [0.717, 1.165) is 66.4 Å². The fraction of sp³-hybridized carbons (Fsp3) is 0.433. The highest BCUT2D eigenvalue weighted by Gasteiger charge is 2.38. The molecule has 41 heavy (non-hydrogen) atoms. The summed E-state index contributed by atoms with van der Waals surface area (Å²) >= 11 is 0. The van der Waals surface area contributed by atoms with Crippen LogP contribution in [0.4, 0.5) is 36.6 Å². The molecule has 0 amide bonds.